The predicted molar refractivity (Wildman–Crippen MR) is 54.7 cm³/mol. The molecule has 1 heterocycles. The van der Waals surface area contributed by atoms with Crippen molar-refractivity contribution in [3.63, 3.8) is 0 Å². The second-order valence-electron chi connectivity index (χ2n) is 2.73. The van der Waals surface area contributed by atoms with Gasteiger partial charge in [-0.25, -0.2) is 4.79 Å². The van der Waals surface area contributed by atoms with Gasteiger partial charge in [0.2, 0.25) is 5.01 Å². The Bertz CT molecular complexity index is 544. The van der Waals surface area contributed by atoms with E-state index >= 15 is 0 Å². The highest BCUT2D eigenvalue weighted by molar-refractivity contribution is 7.10. The monoisotopic (exact) mass is 222 g/mol. The molecule has 0 aliphatic carbocycles. The van der Waals surface area contributed by atoms with Gasteiger partial charge in [0.1, 0.15) is 0 Å². The Morgan fingerprint density at radius 1 is 1.33 bits per heavy atom. The van der Waals surface area contributed by atoms with E-state index in [1.54, 1.807) is 30.3 Å². The lowest BCUT2D eigenvalue weighted by atomic mass is 10.3. The molecule has 0 atom stereocenters. The van der Waals surface area contributed by atoms with Crippen molar-refractivity contribution >= 4 is 17.3 Å². The lowest BCUT2D eigenvalue weighted by Gasteiger charge is -1.96. The standard InChI is InChI=1S/C9H6N2O3S/c12-8(13)7-10-11(9(14)15-7)6-4-2-1-3-5-6/h1-5H,(H,12,13). The summed E-state index contributed by atoms with van der Waals surface area (Å²) in [5.41, 5.74) is 0.561. The maximum atomic E-state index is 11.4. The number of nitrogens with zero attached hydrogens (tertiary/aromatic N) is 2. The van der Waals surface area contributed by atoms with Crippen LogP contribution in [-0.4, -0.2) is 20.9 Å². The molecule has 2 rings (SSSR count). The van der Waals surface area contributed by atoms with Crippen molar-refractivity contribution in [2.45, 2.75) is 0 Å². The lowest BCUT2D eigenvalue weighted by molar-refractivity contribution is 0.0695. The van der Waals surface area contributed by atoms with Crippen LogP contribution in [0, 0.1) is 0 Å². The van der Waals surface area contributed by atoms with Crippen molar-refractivity contribution < 1.29 is 9.90 Å². The molecule has 1 aromatic carbocycles. The SMILES string of the molecule is O=C(O)c1nn(-c2ccccc2)c(=O)s1. The Hall–Kier alpha value is -1.95. The quantitative estimate of drug-likeness (QED) is 0.822. The molecule has 15 heavy (non-hydrogen) atoms. The third-order valence-corrected chi connectivity index (χ3v) is 2.53. The lowest BCUT2D eigenvalue weighted by Crippen LogP contribution is -2.12. The molecular weight excluding hydrogens is 216 g/mol. The van der Waals surface area contributed by atoms with Gasteiger partial charge in [-0.15, -0.1) is 5.10 Å². The molecule has 0 radical (unpaired) electrons. The highest BCUT2D eigenvalue weighted by Gasteiger charge is 2.13. The molecule has 2 aromatic rings. The number of benzene rings is 1. The molecule has 5 nitrogen and oxygen atoms in total. The minimum Gasteiger partial charge on any atom is -0.476 e. The molecule has 0 saturated carbocycles. The van der Waals surface area contributed by atoms with E-state index in [4.69, 9.17) is 5.11 Å². The van der Waals surface area contributed by atoms with Gasteiger partial charge in [-0.1, -0.05) is 18.2 Å². The maximum Gasteiger partial charge on any atom is 0.367 e. The zero-order chi connectivity index (χ0) is 10.8. The largest absolute Gasteiger partial charge is 0.476 e. The summed E-state index contributed by atoms with van der Waals surface area (Å²) in [5.74, 6) is -1.19. The minimum atomic E-state index is -1.19. The molecule has 1 aromatic heterocycles. The van der Waals surface area contributed by atoms with E-state index in [2.05, 4.69) is 5.10 Å². The summed E-state index contributed by atoms with van der Waals surface area (Å²) in [4.78, 5) is 21.6. The maximum absolute atomic E-state index is 11.4. The van der Waals surface area contributed by atoms with E-state index in [1.807, 2.05) is 0 Å². The topological polar surface area (TPSA) is 72.2 Å². The fraction of sp³-hybridized carbons (Fsp3) is 0. The number of carboxylic acid groups (broad SMARTS) is 1. The fourth-order valence-electron chi connectivity index (χ4n) is 1.10. The van der Waals surface area contributed by atoms with Gasteiger partial charge in [-0.05, 0) is 23.5 Å². The highest BCUT2D eigenvalue weighted by Crippen LogP contribution is 2.06. The fourth-order valence-corrected chi connectivity index (χ4v) is 1.70. The average molecular weight is 222 g/mol. The predicted octanol–water partition coefficient (Wildman–Crippen LogP) is 0.992. The van der Waals surface area contributed by atoms with Crippen LogP contribution in [0.3, 0.4) is 0 Å². The van der Waals surface area contributed by atoms with Crippen LogP contribution < -0.4 is 4.87 Å². The number of hydrogen-bond acceptors (Lipinski definition) is 4. The number of rotatable bonds is 2. The summed E-state index contributed by atoms with van der Waals surface area (Å²) in [6, 6.07) is 8.68. The first-order valence-electron chi connectivity index (χ1n) is 4.07. The molecule has 6 heteroatoms. The smallest absolute Gasteiger partial charge is 0.367 e. The Kier molecular flexibility index (Phi) is 2.34. The van der Waals surface area contributed by atoms with Gasteiger partial charge >= 0.3 is 10.8 Å². The summed E-state index contributed by atoms with van der Waals surface area (Å²) >= 11 is 0.614. The molecule has 1 N–H and O–H groups in total. The van der Waals surface area contributed by atoms with E-state index in [0.717, 1.165) is 4.68 Å². The molecule has 76 valence electrons. The van der Waals surface area contributed by atoms with Crippen molar-refractivity contribution in [3.05, 3.63) is 45.0 Å². The van der Waals surface area contributed by atoms with E-state index < -0.39 is 10.8 Å². The second kappa shape index (κ2) is 3.66. The Labute approximate surface area is 88.2 Å². The average Bonchev–Trinajstić information content (AvgIpc) is 2.62. The first-order chi connectivity index (χ1) is 7.18. The van der Waals surface area contributed by atoms with Gasteiger partial charge in [0.05, 0.1) is 5.69 Å². The molecule has 0 aliphatic heterocycles. The number of carboxylic acids is 1. The molecule has 0 amide bonds. The zero-order valence-electron chi connectivity index (χ0n) is 7.45. The number of hydrogen-bond donors (Lipinski definition) is 1. The number of para-hydroxylation sites is 1. The van der Waals surface area contributed by atoms with E-state index in [-0.39, 0.29) is 5.01 Å². The van der Waals surface area contributed by atoms with Gasteiger partial charge in [0.25, 0.3) is 0 Å². The molecule has 0 saturated heterocycles. The van der Waals surface area contributed by atoms with Crippen molar-refractivity contribution in [2.75, 3.05) is 0 Å². The van der Waals surface area contributed by atoms with E-state index in [1.165, 1.54) is 0 Å². The van der Waals surface area contributed by atoms with Crippen LogP contribution in [0.4, 0.5) is 0 Å². The molecule has 0 aliphatic rings. The van der Waals surface area contributed by atoms with Crippen LogP contribution in [0.15, 0.2) is 35.1 Å². The van der Waals surface area contributed by atoms with E-state index in [9.17, 15) is 9.59 Å². The highest BCUT2D eigenvalue weighted by atomic mass is 32.1. The Balaban J connectivity index is 2.55. The number of aromatic carboxylic acids is 1. The molecular formula is C9H6N2O3S. The van der Waals surface area contributed by atoms with Gasteiger partial charge < -0.3 is 5.11 Å². The first kappa shape index (κ1) is 9.60. The zero-order valence-corrected chi connectivity index (χ0v) is 8.27. The Morgan fingerprint density at radius 2 is 2.00 bits per heavy atom. The van der Waals surface area contributed by atoms with Crippen LogP contribution in [0.5, 0.6) is 0 Å². The normalized spacial score (nSPS) is 10.1. The van der Waals surface area contributed by atoms with Gasteiger partial charge in [0.15, 0.2) is 0 Å². The van der Waals surface area contributed by atoms with Crippen LogP contribution in [0.2, 0.25) is 0 Å². The summed E-state index contributed by atoms with van der Waals surface area (Å²) in [5, 5.41) is 12.2. The van der Waals surface area contributed by atoms with Crippen molar-refractivity contribution in [3.8, 4) is 5.69 Å². The molecule has 0 bridgehead atoms. The number of aromatic nitrogens is 2. The van der Waals surface area contributed by atoms with E-state index in [0.29, 0.717) is 17.0 Å². The first-order valence-corrected chi connectivity index (χ1v) is 4.89. The third kappa shape index (κ3) is 1.79. The summed E-state index contributed by atoms with van der Waals surface area (Å²) in [7, 11) is 0. The molecule has 0 spiro atoms. The Morgan fingerprint density at radius 3 is 2.53 bits per heavy atom. The van der Waals surface area contributed by atoms with Crippen LogP contribution in [0.25, 0.3) is 5.69 Å². The summed E-state index contributed by atoms with van der Waals surface area (Å²) in [6.07, 6.45) is 0. The van der Waals surface area contributed by atoms with Crippen molar-refractivity contribution in [1.29, 1.82) is 0 Å². The second-order valence-corrected chi connectivity index (χ2v) is 3.67. The minimum absolute atomic E-state index is 0.205. The van der Waals surface area contributed by atoms with Crippen molar-refractivity contribution in [2.24, 2.45) is 0 Å². The van der Waals surface area contributed by atoms with Gasteiger partial charge in [-0.2, -0.15) is 4.68 Å². The van der Waals surface area contributed by atoms with Gasteiger partial charge in [0, 0.05) is 0 Å². The molecule has 0 unspecified atom stereocenters. The number of carbonyl (C=O) groups is 1. The van der Waals surface area contributed by atoms with Crippen LogP contribution in [-0.2, 0) is 0 Å². The summed E-state index contributed by atoms with van der Waals surface area (Å²) in [6.45, 7) is 0. The van der Waals surface area contributed by atoms with Crippen LogP contribution >= 0.6 is 11.3 Å². The third-order valence-electron chi connectivity index (χ3n) is 1.73. The summed E-state index contributed by atoms with van der Waals surface area (Å²) < 4.78 is 1.08. The van der Waals surface area contributed by atoms with Crippen molar-refractivity contribution in [1.82, 2.24) is 9.78 Å². The molecule has 0 fully saturated rings. The van der Waals surface area contributed by atoms with Crippen LogP contribution in [0.1, 0.15) is 9.80 Å². The van der Waals surface area contributed by atoms with Gasteiger partial charge in [-0.3, -0.25) is 4.79 Å².